The molecule has 29 heavy (non-hydrogen) atoms. The zero-order valence-corrected chi connectivity index (χ0v) is 17.7. The standard InChI is InChI=1S/C22H25N5OS/c1-22(2,3)20-25-12-18(29-20)19(28)26-17-6-4-5-13-11-14(7-8-15(13)17)16-9-10-24-21(23)27-16/h7-12,17H,4-6H2,1-3H3,(H,26,28)(H2,23,24,27). The predicted molar refractivity (Wildman–Crippen MR) is 116 cm³/mol. The molecule has 1 aliphatic rings. The lowest BCUT2D eigenvalue weighted by atomic mass is 9.86. The number of nitrogens with one attached hydrogen (secondary N) is 1. The molecule has 1 aromatic carbocycles. The summed E-state index contributed by atoms with van der Waals surface area (Å²) < 4.78 is 0. The van der Waals surface area contributed by atoms with Gasteiger partial charge in [0.15, 0.2) is 0 Å². The van der Waals surface area contributed by atoms with Crippen molar-refractivity contribution in [2.24, 2.45) is 0 Å². The van der Waals surface area contributed by atoms with Crippen molar-refractivity contribution >= 4 is 23.2 Å². The van der Waals surface area contributed by atoms with Crippen molar-refractivity contribution in [1.82, 2.24) is 20.3 Å². The van der Waals surface area contributed by atoms with Crippen molar-refractivity contribution in [2.45, 2.75) is 51.5 Å². The normalized spacial score (nSPS) is 16.3. The molecule has 7 heteroatoms. The molecule has 2 aromatic heterocycles. The van der Waals surface area contributed by atoms with E-state index in [1.807, 2.05) is 12.1 Å². The van der Waals surface area contributed by atoms with E-state index >= 15 is 0 Å². The van der Waals surface area contributed by atoms with E-state index in [1.54, 1.807) is 12.4 Å². The Balaban J connectivity index is 1.55. The van der Waals surface area contributed by atoms with Gasteiger partial charge in [0.1, 0.15) is 4.88 Å². The van der Waals surface area contributed by atoms with Gasteiger partial charge in [-0.1, -0.05) is 32.9 Å². The van der Waals surface area contributed by atoms with Crippen molar-refractivity contribution in [2.75, 3.05) is 5.73 Å². The van der Waals surface area contributed by atoms with Crippen LogP contribution in [0.25, 0.3) is 11.3 Å². The van der Waals surface area contributed by atoms with Crippen molar-refractivity contribution in [3.8, 4) is 11.3 Å². The average molecular weight is 408 g/mol. The van der Waals surface area contributed by atoms with Crippen LogP contribution in [0.2, 0.25) is 0 Å². The number of carbonyl (C=O) groups is 1. The highest BCUT2D eigenvalue weighted by molar-refractivity contribution is 7.13. The molecule has 6 nitrogen and oxygen atoms in total. The first-order chi connectivity index (χ1) is 13.8. The molecule has 1 atom stereocenters. The number of benzene rings is 1. The van der Waals surface area contributed by atoms with Crippen LogP contribution in [-0.2, 0) is 11.8 Å². The van der Waals surface area contributed by atoms with Crippen molar-refractivity contribution in [3.63, 3.8) is 0 Å². The first-order valence-corrected chi connectivity index (χ1v) is 10.6. The number of nitrogens with two attached hydrogens (primary N) is 1. The third-order valence-electron chi connectivity index (χ3n) is 5.10. The Hall–Kier alpha value is -2.80. The van der Waals surface area contributed by atoms with Gasteiger partial charge < -0.3 is 11.1 Å². The summed E-state index contributed by atoms with van der Waals surface area (Å²) in [5.41, 5.74) is 9.92. The van der Waals surface area contributed by atoms with Crippen LogP contribution in [0.1, 0.15) is 65.5 Å². The molecule has 3 aromatic rings. The van der Waals surface area contributed by atoms with Crippen LogP contribution in [0.5, 0.6) is 0 Å². The number of anilines is 1. The Morgan fingerprint density at radius 3 is 2.79 bits per heavy atom. The first-order valence-electron chi connectivity index (χ1n) is 9.80. The number of hydrogen-bond acceptors (Lipinski definition) is 6. The third kappa shape index (κ3) is 4.15. The summed E-state index contributed by atoms with van der Waals surface area (Å²) in [7, 11) is 0. The minimum Gasteiger partial charge on any atom is -0.368 e. The molecule has 0 fully saturated rings. The molecular formula is C22H25N5OS. The Kier molecular flexibility index (Phi) is 5.08. The minimum absolute atomic E-state index is 0.0101. The Morgan fingerprint density at radius 1 is 1.24 bits per heavy atom. The molecule has 0 saturated carbocycles. The van der Waals surface area contributed by atoms with Gasteiger partial charge in [-0.3, -0.25) is 4.79 Å². The van der Waals surface area contributed by atoms with Gasteiger partial charge in [-0.25, -0.2) is 15.0 Å². The van der Waals surface area contributed by atoms with E-state index in [-0.39, 0.29) is 23.3 Å². The highest BCUT2D eigenvalue weighted by atomic mass is 32.1. The molecule has 0 saturated heterocycles. The van der Waals surface area contributed by atoms with Crippen LogP contribution in [0, 0.1) is 0 Å². The molecule has 3 N–H and O–H groups in total. The number of nitrogens with zero attached hydrogens (tertiary/aromatic N) is 3. The lowest BCUT2D eigenvalue weighted by Crippen LogP contribution is -2.30. The van der Waals surface area contributed by atoms with E-state index in [0.717, 1.165) is 35.5 Å². The van der Waals surface area contributed by atoms with Crippen molar-refractivity contribution < 1.29 is 4.79 Å². The summed E-state index contributed by atoms with van der Waals surface area (Å²) in [5.74, 6) is 0.216. The first kappa shape index (κ1) is 19.5. The fourth-order valence-corrected chi connectivity index (χ4v) is 4.49. The molecule has 150 valence electrons. The SMILES string of the molecule is CC(C)(C)c1ncc(C(=O)NC2CCCc3cc(-c4ccnc(N)n4)ccc32)s1. The topological polar surface area (TPSA) is 93.8 Å². The van der Waals surface area contributed by atoms with Gasteiger partial charge in [0, 0.05) is 17.2 Å². The summed E-state index contributed by atoms with van der Waals surface area (Å²) >= 11 is 1.47. The second-order valence-electron chi connectivity index (χ2n) is 8.41. The van der Waals surface area contributed by atoms with Gasteiger partial charge in [-0.15, -0.1) is 11.3 Å². The van der Waals surface area contributed by atoms with E-state index in [0.29, 0.717) is 4.88 Å². The molecule has 1 amide bonds. The van der Waals surface area contributed by atoms with E-state index in [2.05, 4.69) is 53.2 Å². The van der Waals surface area contributed by atoms with Gasteiger partial charge in [-0.05, 0) is 42.5 Å². The number of nitrogen functional groups attached to an aromatic ring is 1. The molecule has 2 heterocycles. The van der Waals surface area contributed by atoms with E-state index in [4.69, 9.17) is 5.73 Å². The Labute approximate surface area is 174 Å². The number of hydrogen-bond donors (Lipinski definition) is 2. The monoisotopic (exact) mass is 407 g/mol. The maximum Gasteiger partial charge on any atom is 0.263 e. The van der Waals surface area contributed by atoms with Crippen LogP contribution in [0.15, 0.2) is 36.7 Å². The third-order valence-corrected chi connectivity index (χ3v) is 6.53. The fraction of sp³-hybridized carbons (Fsp3) is 0.364. The van der Waals surface area contributed by atoms with Crippen molar-refractivity contribution in [3.05, 3.63) is 57.7 Å². The Morgan fingerprint density at radius 2 is 2.07 bits per heavy atom. The van der Waals surface area contributed by atoms with Crippen LogP contribution in [0.3, 0.4) is 0 Å². The zero-order chi connectivity index (χ0) is 20.6. The number of aromatic nitrogens is 3. The molecule has 0 bridgehead atoms. The second-order valence-corrected chi connectivity index (χ2v) is 9.44. The number of fused-ring (bicyclic) bond motifs is 1. The molecular weight excluding hydrogens is 382 g/mol. The number of rotatable bonds is 3. The molecule has 0 radical (unpaired) electrons. The lowest BCUT2D eigenvalue weighted by Gasteiger charge is -2.26. The van der Waals surface area contributed by atoms with E-state index in [9.17, 15) is 4.79 Å². The van der Waals surface area contributed by atoms with Crippen LogP contribution >= 0.6 is 11.3 Å². The second kappa shape index (κ2) is 7.55. The van der Waals surface area contributed by atoms with Gasteiger partial charge in [0.05, 0.1) is 22.9 Å². The van der Waals surface area contributed by atoms with Gasteiger partial charge in [-0.2, -0.15) is 0 Å². The van der Waals surface area contributed by atoms with Crippen LogP contribution < -0.4 is 11.1 Å². The number of thiazole rings is 1. The highest BCUT2D eigenvalue weighted by Gasteiger charge is 2.25. The fourth-order valence-electron chi connectivity index (χ4n) is 3.61. The van der Waals surface area contributed by atoms with E-state index < -0.39 is 0 Å². The smallest absolute Gasteiger partial charge is 0.263 e. The number of aryl methyl sites for hydroxylation is 1. The Bertz CT molecular complexity index is 1050. The summed E-state index contributed by atoms with van der Waals surface area (Å²) in [6.45, 7) is 6.31. The molecule has 4 rings (SSSR count). The van der Waals surface area contributed by atoms with Crippen LogP contribution in [0.4, 0.5) is 5.95 Å². The van der Waals surface area contributed by atoms with Gasteiger partial charge >= 0.3 is 0 Å². The molecule has 0 aliphatic heterocycles. The number of amides is 1. The average Bonchev–Trinajstić information content (AvgIpc) is 3.19. The maximum absolute atomic E-state index is 12.8. The minimum atomic E-state index is -0.0541. The molecule has 1 aliphatic carbocycles. The zero-order valence-electron chi connectivity index (χ0n) is 16.9. The predicted octanol–water partition coefficient (Wildman–Crippen LogP) is 4.29. The summed E-state index contributed by atoms with van der Waals surface area (Å²) in [6, 6.07) is 8.16. The van der Waals surface area contributed by atoms with Gasteiger partial charge in [0.25, 0.3) is 5.91 Å². The summed E-state index contributed by atoms with van der Waals surface area (Å²) in [5, 5.41) is 4.18. The summed E-state index contributed by atoms with van der Waals surface area (Å²) in [4.78, 5) is 26.2. The number of carbonyl (C=O) groups excluding carboxylic acids is 1. The maximum atomic E-state index is 12.8. The lowest BCUT2D eigenvalue weighted by molar-refractivity contribution is 0.0936. The highest BCUT2D eigenvalue weighted by Crippen LogP contribution is 2.33. The molecule has 1 unspecified atom stereocenters. The largest absolute Gasteiger partial charge is 0.368 e. The summed E-state index contributed by atoms with van der Waals surface area (Å²) in [6.07, 6.45) is 6.31. The van der Waals surface area contributed by atoms with Gasteiger partial charge in [0.2, 0.25) is 5.95 Å². The quantitative estimate of drug-likeness (QED) is 0.675. The van der Waals surface area contributed by atoms with Crippen molar-refractivity contribution in [1.29, 1.82) is 0 Å². The van der Waals surface area contributed by atoms with E-state index in [1.165, 1.54) is 22.5 Å². The molecule has 0 spiro atoms. The van der Waals surface area contributed by atoms with Crippen LogP contribution in [-0.4, -0.2) is 20.9 Å².